The fourth-order valence-corrected chi connectivity index (χ4v) is 8.76. The number of hydrogen-bond acceptors (Lipinski definition) is 6. The zero-order valence-corrected chi connectivity index (χ0v) is 11.3. The largest absolute Gasteiger partial charge is 0.412 e. The van der Waals surface area contributed by atoms with Gasteiger partial charge in [-0.05, 0) is 0 Å². The van der Waals surface area contributed by atoms with Crippen molar-refractivity contribution >= 4 is 12.4 Å². The van der Waals surface area contributed by atoms with Gasteiger partial charge in [0.2, 0.25) is 0 Å². The van der Waals surface area contributed by atoms with Crippen LogP contribution in [0.3, 0.4) is 0 Å². The Morgan fingerprint density at radius 2 is 0.647 bits per heavy atom. The third-order valence-electron chi connectivity index (χ3n) is 2.64. The molecule has 0 aromatic rings. The quantitative estimate of drug-likeness (QED) is 0.262. The normalized spacial score (nSPS) is 33.9. The maximum atomic E-state index is 3.60. The fourth-order valence-electron chi connectivity index (χ4n) is 2.13. The van der Waals surface area contributed by atoms with Gasteiger partial charge in [0.25, 0.3) is 0 Å². The summed E-state index contributed by atoms with van der Waals surface area (Å²) < 4.78 is 21.6. The van der Waals surface area contributed by atoms with Crippen LogP contribution in [-0.4, -0.2) is 55.7 Å². The molecule has 0 amide bonds. The minimum Gasteiger partial charge on any atom is -0.412 e. The molecule has 3 fully saturated rings. The van der Waals surface area contributed by atoms with E-state index in [1.54, 1.807) is 0 Å². The molecule has 12 N–H and O–H groups in total. The van der Waals surface area contributed by atoms with Crippen molar-refractivity contribution in [2.24, 2.45) is 0 Å². The Morgan fingerprint density at radius 1 is 0.471 bits per heavy atom. The van der Waals surface area contributed by atoms with Gasteiger partial charge < -0.3 is 16.4 Å². The van der Waals surface area contributed by atoms with E-state index in [2.05, 4.69) is 26.2 Å². The SMILES string of the molecule is C1C[NH][Co]23([NH]1)([NH]CC[NH]2)[NH]CC[NH]3.Cl.O.O.O. The molecular formula is C6H25ClCoN6O3. The smallest absolute Gasteiger partial charge is 0.147 e. The van der Waals surface area contributed by atoms with E-state index in [0.717, 1.165) is 39.3 Å². The van der Waals surface area contributed by atoms with Gasteiger partial charge in [-0.2, -0.15) is 0 Å². The summed E-state index contributed by atoms with van der Waals surface area (Å²) >= 11 is -3.03. The topological polar surface area (TPSA) is 167 Å². The van der Waals surface area contributed by atoms with Crippen molar-refractivity contribution in [3.8, 4) is 0 Å². The van der Waals surface area contributed by atoms with E-state index < -0.39 is 11.8 Å². The molecule has 1 spiro atoms. The molecule has 17 heavy (non-hydrogen) atoms. The zero-order valence-electron chi connectivity index (χ0n) is 9.48. The predicted octanol–water partition coefficient (Wildman–Crippen LogP) is -4.77. The van der Waals surface area contributed by atoms with Gasteiger partial charge in [0.1, 0.15) is 0 Å². The van der Waals surface area contributed by atoms with Gasteiger partial charge in [-0.3, -0.25) is 0 Å². The van der Waals surface area contributed by atoms with Gasteiger partial charge in [0.05, 0.1) is 0 Å². The van der Waals surface area contributed by atoms with Crippen molar-refractivity contribution in [1.29, 1.82) is 0 Å². The average Bonchev–Trinajstić information content (AvgIpc) is 2.82. The summed E-state index contributed by atoms with van der Waals surface area (Å²) in [5.41, 5.74) is 0. The maximum absolute atomic E-state index is 3.60. The Kier molecular flexibility index (Phi) is 6.05. The summed E-state index contributed by atoms with van der Waals surface area (Å²) in [6.07, 6.45) is 0. The van der Waals surface area contributed by atoms with Gasteiger partial charge in [-0.1, -0.05) is 0 Å². The number of rotatable bonds is 0. The van der Waals surface area contributed by atoms with Crippen LogP contribution in [0.2, 0.25) is 0 Å². The molecule has 0 radical (unpaired) electrons. The first-order valence-electron chi connectivity index (χ1n) is 4.62. The van der Waals surface area contributed by atoms with Crippen LogP contribution in [0.5, 0.6) is 0 Å². The minimum absolute atomic E-state index is 0. The van der Waals surface area contributed by atoms with Crippen molar-refractivity contribution in [2.45, 2.75) is 0 Å². The first-order valence-corrected chi connectivity index (χ1v) is 7.74. The van der Waals surface area contributed by atoms with E-state index in [4.69, 9.17) is 0 Å². The molecule has 3 heterocycles. The average molecular weight is 324 g/mol. The van der Waals surface area contributed by atoms with Crippen LogP contribution >= 0.6 is 12.4 Å². The van der Waals surface area contributed by atoms with Gasteiger partial charge in [-0.25, -0.2) is 0 Å². The Hall–Kier alpha value is 0.436. The summed E-state index contributed by atoms with van der Waals surface area (Å²) in [4.78, 5) is 0. The Labute approximate surface area is 106 Å². The van der Waals surface area contributed by atoms with Gasteiger partial charge in [-0.15, -0.1) is 12.4 Å². The molecule has 0 aromatic heterocycles. The monoisotopic (exact) mass is 323 g/mol. The standard InChI is InChI=1S/3C2H6N2.ClH.Co.3H2O/c3*3-1-2-4;;;;;/h3*3-4H,1-2H2;1H;;3*1H2/q3*-2;;+6;;;. The molecule has 3 aliphatic heterocycles. The Morgan fingerprint density at radius 3 is 0.824 bits per heavy atom. The van der Waals surface area contributed by atoms with E-state index >= 15 is 0 Å². The second-order valence-corrected chi connectivity index (χ2v) is 9.57. The predicted molar refractivity (Wildman–Crippen MR) is 66.1 cm³/mol. The maximum Gasteiger partial charge on any atom is -0.147 e. The minimum atomic E-state index is -3.03. The molecule has 0 bridgehead atoms. The van der Waals surface area contributed by atoms with Crippen molar-refractivity contribution in [3.63, 3.8) is 0 Å². The molecule has 3 saturated heterocycles. The van der Waals surface area contributed by atoms with Crippen LogP contribution < -0.4 is 26.2 Å². The molecule has 0 saturated carbocycles. The Balaban J connectivity index is 0. The molecular weight excluding hydrogens is 298 g/mol. The van der Waals surface area contributed by atoms with Crippen molar-refractivity contribution < 1.29 is 28.3 Å². The summed E-state index contributed by atoms with van der Waals surface area (Å²) in [5.74, 6) is 0. The first kappa shape index (κ1) is 19.8. The molecule has 9 nitrogen and oxygen atoms in total. The molecule has 3 aliphatic rings. The number of hydrogen-bond donors (Lipinski definition) is 6. The molecule has 0 aromatic carbocycles. The van der Waals surface area contributed by atoms with E-state index in [-0.39, 0.29) is 28.8 Å². The Bertz CT molecular complexity index is 201. The molecule has 0 unspecified atom stereocenters. The molecule has 0 aliphatic carbocycles. The third kappa shape index (κ3) is 2.20. The van der Waals surface area contributed by atoms with Crippen LogP contribution in [-0.2, 0) is 11.8 Å². The zero-order chi connectivity index (χ0) is 8.89. The third-order valence-corrected chi connectivity index (χ3v) is 9.73. The molecule has 0 atom stereocenters. The number of nitrogens with one attached hydrogen (secondary N) is 6. The van der Waals surface area contributed by atoms with Gasteiger partial charge >= 0.3 is 77.3 Å². The molecule has 3 rings (SSSR count). The van der Waals surface area contributed by atoms with Crippen molar-refractivity contribution in [2.75, 3.05) is 39.3 Å². The van der Waals surface area contributed by atoms with Crippen LogP contribution in [0.25, 0.3) is 0 Å². The van der Waals surface area contributed by atoms with E-state index in [0.29, 0.717) is 0 Å². The van der Waals surface area contributed by atoms with Crippen LogP contribution in [0.4, 0.5) is 0 Å². The van der Waals surface area contributed by atoms with Crippen LogP contribution in [0, 0.1) is 0 Å². The molecule has 11 heteroatoms. The summed E-state index contributed by atoms with van der Waals surface area (Å²) in [7, 11) is 0. The summed E-state index contributed by atoms with van der Waals surface area (Å²) in [6, 6.07) is 0. The molecule has 113 valence electrons. The van der Waals surface area contributed by atoms with E-state index in [1.807, 2.05) is 0 Å². The van der Waals surface area contributed by atoms with E-state index in [1.165, 1.54) is 0 Å². The van der Waals surface area contributed by atoms with Crippen LogP contribution in [0.15, 0.2) is 0 Å². The number of halogens is 1. The van der Waals surface area contributed by atoms with Crippen molar-refractivity contribution in [1.82, 2.24) is 26.2 Å². The summed E-state index contributed by atoms with van der Waals surface area (Å²) in [6.45, 7) is 5.97. The van der Waals surface area contributed by atoms with Crippen molar-refractivity contribution in [3.05, 3.63) is 0 Å². The van der Waals surface area contributed by atoms with E-state index in [9.17, 15) is 0 Å². The van der Waals surface area contributed by atoms with Gasteiger partial charge in [0, 0.05) is 0 Å². The van der Waals surface area contributed by atoms with Gasteiger partial charge in [0.15, 0.2) is 0 Å². The summed E-state index contributed by atoms with van der Waals surface area (Å²) in [5, 5.41) is 0. The van der Waals surface area contributed by atoms with Crippen LogP contribution in [0.1, 0.15) is 0 Å². The second-order valence-electron chi connectivity index (χ2n) is 3.46. The second kappa shape index (κ2) is 5.20. The first-order chi connectivity index (χ1) is 6.23. The fraction of sp³-hybridized carbons (Fsp3) is 1.00.